The number of hydrogen-bond acceptors (Lipinski definition) is 3. The van der Waals surface area contributed by atoms with Crippen molar-refractivity contribution in [3.63, 3.8) is 0 Å². The third-order valence-electron chi connectivity index (χ3n) is 2.89. The van der Waals surface area contributed by atoms with E-state index in [0.29, 0.717) is 19.5 Å². The first-order valence-electron chi connectivity index (χ1n) is 5.65. The molecule has 17 heavy (non-hydrogen) atoms. The minimum Gasteiger partial charge on any atom is -0.323 e. The summed E-state index contributed by atoms with van der Waals surface area (Å²) in [7, 11) is 0. The highest BCUT2D eigenvalue weighted by molar-refractivity contribution is 5.91. The molecular weight excluding hydrogens is 218 g/mol. The van der Waals surface area contributed by atoms with Crippen LogP contribution in [0.4, 0.5) is 10.5 Å². The van der Waals surface area contributed by atoms with Gasteiger partial charge in [-0.25, -0.2) is 4.79 Å². The lowest BCUT2D eigenvalue weighted by Gasteiger charge is -2.30. The number of ketones is 1. The van der Waals surface area contributed by atoms with Gasteiger partial charge in [0.2, 0.25) is 0 Å². The van der Waals surface area contributed by atoms with E-state index in [4.69, 9.17) is 0 Å². The molecule has 2 heterocycles. The minimum atomic E-state index is -0.157. The fourth-order valence-electron chi connectivity index (χ4n) is 1.84. The molecule has 0 spiro atoms. The molecule has 0 aliphatic carbocycles. The Kier molecular flexibility index (Phi) is 3.37. The van der Waals surface area contributed by atoms with Crippen LogP contribution in [0.5, 0.6) is 0 Å². The van der Waals surface area contributed by atoms with Gasteiger partial charge in [-0.15, -0.1) is 0 Å². The van der Waals surface area contributed by atoms with Gasteiger partial charge in [-0.05, 0) is 12.1 Å². The molecule has 1 aromatic rings. The second-order valence-electron chi connectivity index (χ2n) is 4.23. The number of aromatic nitrogens is 1. The molecule has 1 N–H and O–H groups in total. The van der Waals surface area contributed by atoms with Crippen LogP contribution >= 0.6 is 0 Å². The van der Waals surface area contributed by atoms with Crippen LogP contribution < -0.4 is 5.32 Å². The highest BCUT2D eigenvalue weighted by Gasteiger charge is 2.26. The second-order valence-corrected chi connectivity index (χ2v) is 4.23. The molecule has 0 saturated carbocycles. The Morgan fingerprint density at radius 1 is 1.47 bits per heavy atom. The number of piperidine rings is 1. The van der Waals surface area contributed by atoms with Gasteiger partial charge in [-0.2, -0.15) is 0 Å². The van der Waals surface area contributed by atoms with Crippen LogP contribution in [0.1, 0.15) is 13.3 Å². The molecule has 1 atom stereocenters. The first-order valence-corrected chi connectivity index (χ1v) is 5.65. The minimum absolute atomic E-state index is 0.0630. The molecule has 2 amide bonds. The van der Waals surface area contributed by atoms with Crippen molar-refractivity contribution in [1.29, 1.82) is 0 Å². The van der Waals surface area contributed by atoms with Gasteiger partial charge in [0.15, 0.2) is 0 Å². The zero-order valence-electron chi connectivity index (χ0n) is 9.72. The van der Waals surface area contributed by atoms with Gasteiger partial charge in [0.25, 0.3) is 0 Å². The average Bonchev–Trinajstić information content (AvgIpc) is 2.34. The quantitative estimate of drug-likeness (QED) is 0.800. The SMILES string of the molecule is C[C@@H]1CN(C(=O)Nc2ccncc2)CCC1=O. The number of amides is 2. The standard InChI is InChI=1S/C12H15N3O2/c1-9-8-15(7-4-11(9)16)12(17)14-10-2-5-13-6-3-10/h2-3,5-6,9H,4,7-8H2,1H3,(H,13,14,17)/t9-/m1/s1. The normalized spacial score (nSPS) is 20.2. The molecular formula is C12H15N3O2. The number of likely N-dealkylation sites (tertiary alicyclic amines) is 1. The summed E-state index contributed by atoms with van der Waals surface area (Å²) >= 11 is 0. The van der Waals surface area contributed by atoms with Crippen molar-refractivity contribution < 1.29 is 9.59 Å². The molecule has 1 fully saturated rings. The van der Waals surface area contributed by atoms with E-state index in [1.807, 2.05) is 6.92 Å². The maximum Gasteiger partial charge on any atom is 0.321 e. The summed E-state index contributed by atoms with van der Waals surface area (Å²) < 4.78 is 0. The van der Waals surface area contributed by atoms with Gasteiger partial charge in [-0.1, -0.05) is 6.92 Å². The van der Waals surface area contributed by atoms with Crippen molar-refractivity contribution >= 4 is 17.5 Å². The monoisotopic (exact) mass is 233 g/mol. The van der Waals surface area contributed by atoms with E-state index < -0.39 is 0 Å². The summed E-state index contributed by atoms with van der Waals surface area (Å²) in [5, 5.41) is 2.78. The molecule has 5 heteroatoms. The molecule has 1 aliphatic heterocycles. The number of hydrogen-bond donors (Lipinski definition) is 1. The molecule has 1 aromatic heterocycles. The number of Topliss-reactive ketones (excluding diaryl/α,β-unsaturated/α-hetero) is 1. The zero-order chi connectivity index (χ0) is 12.3. The lowest BCUT2D eigenvalue weighted by molar-refractivity contribution is -0.124. The van der Waals surface area contributed by atoms with Crippen LogP contribution in [0, 0.1) is 5.92 Å². The Labute approximate surface area is 99.8 Å². The second kappa shape index (κ2) is 4.95. The number of pyridine rings is 1. The van der Waals surface area contributed by atoms with E-state index in [1.165, 1.54) is 0 Å². The molecule has 2 rings (SSSR count). The third-order valence-corrected chi connectivity index (χ3v) is 2.89. The number of rotatable bonds is 1. The summed E-state index contributed by atoms with van der Waals surface area (Å²) in [6.45, 7) is 2.85. The van der Waals surface area contributed by atoms with E-state index in [2.05, 4.69) is 10.3 Å². The van der Waals surface area contributed by atoms with E-state index in [1.54, 1.807) is 29.4 Å². The van der Waals surface area contributed by atoms with Gasteiger partial charge in [0.05, 0.1) is 0 Å². The number of carbonyl (C=O) groups is 2. The van der Waals surface area contributed by atoms with Crippen molar-refractivity contribution in [3.8, 4) is 0 Å². The number of nitrogens with one attached hydrogen (secondary N) is 1. The predicted molar refractivity (Wildman–Crippen MR) is 63.6 cm³/mol. The fraction of sp³-hybridized carbons (Fsp3) is 0.417. The van der Waals surface area contributed by atoms with Crippen LogP contribution in [-0.2, 0) is 4.79 Å². The summed E-state index contributed by atoms with van der Waals surface area (Å²) in [6.07, 6.45) is 3.70. The summed E-state index contributed by atoms with van der Waals surface area (Å²) in [5.74, 6) is 0.171. The lowest BCUT2D eigenvalue weighted by atomic mass is 9.99. The van der Waals surface area contributed by atoms with Crippen molar-refractivity contribution in [1.82, 2.24) is 9.88 Å². The topological polar surface area (TPSA) is 62.3 Å². The van der Waals surface area contributed by atoms with E-state index in [0.717, 1.165) is 5.69 Å². The first-order chi connectivity index (χ1) is 8.16. The van der Waals surface area contributed by atoms with E-state index in [-0.39, 0.29) is 17.7 Å². The fourth-order valence-corrected chi connectivity index (χ4v) is 1.84. The number of nitrogens with zero attached hydrogens (tertiary/aromatic N) is 2. The van der Waals surface area contributed by atoms with Gasteiger partial charge < -0.3 is 10.2 Å². The highest BCUT2D eigenvalue weighted by Crippen LogP contribution is 2.14. The van der Waals surface area contributed by atoms with Crippen LogP contribution in [0.3, 0.4) is 0 Å². The first kappa shape index (κ1) is 11.6. The van der Waals surface area contributed by atoms with Crippen molar-refractivity contribution in [2.45, 2.75) is 13.3 Å². The van der Waals surface area contributed by atoms with Crippen molar-refractivity contribution in [2.24, 2.45) is 5.92 Å². The van der Waals surface area contributed by atoms with Gasteiger partial charge in [0, 0.05) is 43.5 Å². The molecule has 90 valence electrons. The predicted octanol–water partition coefficient (Wildman–Crippen LogP) is 1.52. The molecule has 1 aliphatic rings. The Bertz CT molecular complexity index is 419. The van der Waals surface area contributed by atoms with Crippen molar-refractivity contribution in [2.75, 3.05) is 18.4 Å². The Morgan fingerprint density at radius 2 is 2.18 bits per heavy atom. The van der Waals surface area contributed by atoms with E-state index >= 15 is 0 Å². The summed E-state index contributed by atoms with van der Waals surface area (Å²) in [5.41, 5.74) is 0.717. The lowest BCUT2D eigenvalue weighted by Crippen LogP contribution is -2.45. The smallest absolute Gasteiger partial charge is 0.321 e. The molecule has 1 saturated heterocycles. The molecule has 0 radical (unpaired) electrons. The van der Waals surface area contributed by atoms with Crippen LogP contribution in [0.15, 0.2) is 24.5 Å². The Balaban J connectivity index is 1.95. The van der Waals surface area contributed by atoms with Crippen LogP contribution in [-0.4, -0.2) is 34.8 Å². The largest absolute Gasteiger partial charge is 0.323 e. The summed E-state index contributed by atoms with van der Waals surface area (Å²) in [6, 6.07) is 3.31. The molecule has 0 unspecified atom stereocenters. The average molecular weight is 233 g/mol. The Hall–Kier alpha value is -1.91. The van der Waals surface area contributed by atoms with E-state index in [9.17, 15) is 9.59 Å². The van der Waals surface area contributed by atoms with Gasteiger partial charge >= 0.3 is 6.03 Å². The molecule has 5 nitrogen and oxygen atoms in total. The summed E-state index contributed by atoms with van der Waals surface area (Å²) in [4.78, 5) is 28.8. The number of carbonyl (C=O) groups excluding carboxylic acids is 2. The third kappa shape index (κ3) is 2.81. The van der Waals surface area contributed by atoms with Gasteiger partial charge in [-0.3, -0.25) is 9.78 Å². The maximum atomic E-state index is 11.9. The van der Waals surface area contributed by atoms with Crippen LogP contribution in [0.2, 0.25) is 0 Å². The molecule has 0 bridgehead atoms. The highest BCUT2D eigenvalue weighted by atomic mass is 16.2. The molecule has 0 aromatic carbocycles. The Morgan fingerprint density at radius 3 is 2.82 bits per heavy atom. The maximum absolute atomic E-state index is 11.9. The number of urea groups is 1. The van der Waals surface area contributed by atoms with Crippen molar-refractivity contribution in [3.05, 3.63) is 24.5 Å². The number of anilines is 1. The van der Waals surface area contributed by atoms with Crippen LogP contribution in [0.25, 0.3) is 0 Å². The zero-order valence-corrected chi connectivity index (χ0v) is 9.72. The van der Waals surface area contributed by atoms with Gasteiger partial charge in [0.1, 0.15) is 5.78 Å².